The fourth-order valence-electron chi connectivity index (χ4n) is 2.42. The lowest BCUT2D eigenvalue weighted by atomic mass is 10.0. The summed E-state index contributed by atoms with van der Waals surface area (Å²) in [5, 5.41) is 46.4. The summed E-state index contributed by atoms with van der Waals surface area (Å²) < 4.78 is 10.7. The molecule has 0 bridgehead atoms. The van der Waals surface area contributed by atoms with Gasteiger partial charge in [-0.2, -0.15) is 0 Å². The lowest BCUT2D eigenvalue weighted by Crippen LogP contribution is -2.41. The van der Waals surface area contributed by atoms with Crippen LogP contribution in [0.2, 0.25) is 5.02 Å². The van der Waals surface area contributed by atoms with E-state index in [-0.39, 0.29) is 11.3 Å². The van der Waals surface area contributed by atoms with Gasteiger partial charge in [-0.05, 0) is 35.9 Å². The highest BCUT2D eigenvalue weighted by molar-refractivity contribution is 6.33. The van der Waals surface area contributed by atoms with Crippen molar-refractivity contribution >= 4 is 17.6 Å². The number of hydrogen-bond acceptors (Lipinski definition) is 7. The molecule has 0 spiro atoms. The molecule has 9 heteroatoms. The van der Waals surface area contributed by atoms with Crippen molar-refractivity contribution in [1.29, 1.82) is 0 Å². The zero-order valence-electron chi connectivity index (χ0n) is 14.7. The third-order valence-corrected chi connectivity index (χ3v) is 4.24. The Balaban J connectivity index is 2.13. The Morgan fingerprint density at radius 1 is 1.00 bits per heavy atom. The minimum Gasteiger partial charge on any atom is -0.478 e. The number of aliphatic hydroxyl groups excluding tert-OH is 4. The fourth-order valence-corrected chi connectivity index (χ4v) is 2.70. The first-order valence-corrected chi connectivity index (χ1v) is 8.73. The summed E-state index contributed by atoms with van der Waals surface area (Å²) in [4.78, 5) is 10.9. The van der Waals surface area contributed by atoms with Crippen LogP contribution in [0.3, 0.4) is 0 Å². The largest absolute Gasteiger partial charge is 0.478 e. The zero-order chi connectivity index (χ0) is 20.7. The molecular formula is C19H21ClO8. The number of benzene rings is 2. The van der Waals surface area contributed by atoms with Crippen LogP contribution in [0, 0.1) is 0 Å². The van der Waals surface area contributed by atoms with Crippen molar-refractivity contribution in [2.75, 3.05) is 19.8 Å². The molecule has 0 aromatic heterocycles. The molecule has 0 aliphatic heterocycles. The van der Waals surface area contributed by atoms with E-state index in [9.17, 15) is 20.1 Å². The van der Waals surface area contributed by atoms with Gasteiger partial charge in [-0.25, -0.2) is 4.79 Å². The molecule has 0 aliphatic rings. The first-order chi connectivity index (χ1) is 13.4. The van der Waals surface area contributed by atoms with E-state index in [2.05, 4.69) is 0 Å². The van der Waals surface area contributed by atoms with E-state index < -0.39 is 44.3 Å². The molecule has 0 radical (unpaired) electrons. The second-order valence-corrected chi connectivity index (χ2v) is 6.27. The van der Waals surface area contributed by atoms with E-state index in [4.69, 9.17) is 31.3 Å². The van der Waals surface area contributed by atoms with E-state index in [1.807, 2.05) is 0 Å². The number of carboxylic acid groups (broad SMARTS) is 1. The Morgan fingerprint density at radius 2 is 1.68 bits per heavy atom. The number of rotatable bonds is 10. The van der Waals surface area contributed by atoms with Gasteiger partial charge in [0.25, 0.3) is 0 Å². The number of aliphatic hydroxyl groups is 4. The maximum atomic E-state index is 10.9. The summed E-state index contributed by atoms with van der Waals surface area (Å²) in [6, 6.07) is 10.9. The van der Waals surface area contributed by atoms with Gasteiger partial charge in [0, 0.05) is 5.56 Å². The van der Waals surface area contributed by atoms with E-state index in [1.54, 1.807) is 24.3 Å². The van der Waals surface area contributed by atoms with Crippen LogP contribution in [0.5, 0.6) is 5.75 Å². The monoisotopic (exact) mass is 412 g/mol. The standard InChI is InChI=1S/C19H21ClO8/c20-15-7-13(27-18(10-23)28-17(9-22)16(24)8-21)5-6-14(15)11-1-3-12(4-2-11)19(25)26/h1-7,16-18,21-24H,8-10H2,(H,25,26)/t16-,17?,18-/m0/s1. The van der Waals surface area contributed by atoms with Crippen molar-refractivity contribution in [3.8, 4) is 16.9 Å². The molecule has 0 fully saturated rings. The van der Waals surface area contributed by atoms with Crippen molar-refractivity contribution in [2.24, 2.45) is 0 Å². The SMILES string of the molecule is O=C(O)c1ccc(-c2ccc(O[C@H](CO)OC(CO)[C@@H](O)CO)cc2Cl)cc1. The van der Waals surface area contributed by atoms with Gasteiger partial charge in [0.05, 0.1) is 23.8 Å². The molecule has 0 aliphatic carbocycles. The highest BCUT2D eigenvalue weighted by atomic mass is 35.5. The molecule has 0 saturated carbocycles. The fraction of sp³-hybridized carbons (Fsp3) is 0.316. The molecule has 2 aromatic rings. The second kappa shape index (κ2) is 10.4. The van der Waals surface area contributed by atoms with Gasteiger partial charge in [-0.15, -0.1) is 0 Å². The molecular weight excluding hydrogens is 392 g/mol. The highest BCUT2D eigenvalue weighted by Crippen LogP contribution is 2.32. The normalized spacial score (nSPS) is 14.3. The van der Waals surface area contributed by atoms with Gasteiger partial charge in [-0.1, -0.05) is 23.7 Å². The van der Waals surface area contributed by atoms with Crippen LogP contribution in [0.15, 0.2) is 42.5 Å². The highest BCUT2D eigenvalue weighted by Gasteiger charge is 2.23. The Kier molecular flexibility index (Phi) is 8.18. The van der Waals surface area contributed by atoms with E-state index in [1.165, 1.54) is 18.2 Å². The van der Waals surface area contributed by atoms with Gasteiger partial charge in [-0.3, -0.25) is 0 Å². The molecule has 28 heavy (non-hydrogen) atoms. The number of ether oxygens (including phenoxy) is 2. The molecule has 2 rings (SSSR count). The molecule has 0 amide bonds. The maximum absolute atomic E-state index is 10.9. The third-order valence-electron chi connectivity index (χ3n) is 3.92. The average molecular weight is 413 g/mol. The zero-order valence-corrected chi connectivity index (χ0v) is 15.5. The molecule has 0 heterocycles. The Bertz CT molecular complexity index is 780. The quantitative estimate of drug-likeness (QED) is 0.366. The second-order valence-electron chi connectivity index (χ2n) is 5.86. The molecule has 2 aromatic carbocycles. The van der Waals surface area contributed by atoms with Crippen LogP contribution >= 0.6 is 11.6 Å². The molecule has 5 N–H and O–H groups in total. The van der Waals surface area contributed by atoms with Crippen LogP contribution in [0.25, 0.3) is 11.1 Å². The van der Waals surface area contributed by atoms with Crippen LogP contribution in [0.4, 0.5) is 0 Å². The maximum Gasteiger partial charge on any atom is 0.335 e. The molecule has 1 unspecified atom stereocenters. The average Bonchev–Trinajstić information content (AvgIpc) is 2.70. The summed E-state index contributed by atoms with van der Waals surface area (Å²) in [6.07, 6.45) is -3.66. The van der Waals surface area contributed by atoms with Gasteiger partial charge in [0.15, 0.2) is 0 Å². The van der Waals surface area contributed by atoms with Gasteiger partial charge < -0.3 is 35.0 Å². The lowest BCUT2D eigenvalue weighted by Gasteiger charge is -2.25. The number of aromatic carboxylic acids is 1. The van der Waals surface area contributed by atoms with Gasteiger partial charge >= 0.3 is 5.97 Å². The van der Waals surface area contributed by atoms with E-state index >= 15 is 0 Å². The Morgan fingerprint density at radius 3 is 2.18 bits per heavy atom. The van der Waals surface area contributed by atoms with Crippen LogP contribution in [-0.4, -0.2) is 69.8 Å². The summed E-state index contributed by atoms with van der Waals surface area (Å²) in [5.74, 6) is -0.755. The minimum atomic E-state index is -1.33. The molecule has 152 valence electrons. The summed E-state index contributed by atoms with van der Waals surface area (Å²) in [7, 11) is 0. The van der Waals surface area contributed by atoms with Crippen LogP contribution in [-0.2, 0) is 4.74 Å². The van der Waals surface area contributed by atoms with Crippen molar-refractivity contribution in [1.82, 2.24) is 0 Å². The summed E-state index contributed by atoms with van der Waals surface area (Å²) in [6.45, 7) is -1.76. The van der Waals surface area contributed by atoms with Crippen molar-refractivity contribution in [2.45, 2.75) is 18.5 Å². The summed E-state index contributed by atoms with van der Waals surface area (Å²) >= 11 is 6.29. The summed E-state index contributed by atoms with van der Waals surface area (Å²) in [5.41, 5.74) is 1.52. The van der Waals surface area contributed by atoms with Crippen molar-refractivity contribution < 1.29 is 39.8 Å². The predicted octanol–water partition coefficient (Wildman–Crippen LogP) is 1.13. The van der Waals surface area contributed by atoms with Crippen molar-refractivity contribution in [3.63, 3.8) is 0 Å². The van der Waals surface area contributed by atoms with E-state index in [0.717, 1.165) is 0 Å². The molecule has 0 saturated heterocycles. The minimum absolute atomic E-state index is 0.159. The van der Waals surface area contributed by atoms with E-state index in [0.29, 0.717) is 16.1 Å². The van der Waals surface area contributed by atoms with Crippen molar-refractivity contribution in [3.05, 3.63) is 53.1 Å². The number of hydrogen-bond donors (Lipinski definition) is 5. The number of carbonyl (C=O) groups is 1. The lowest BCUT2D eigenvalue weighted by molar-refractivity contribution is -0.182. The Hall–Kier alpha value is -2.20. The molecule has 8 nitrogen and oxygen atoms in total. The van der Waals surface area contributed by atoms with Gasteiger partial charge in [0.1, 0.15) is 24.6 Å². The predicted molar refractivity (Wildman–Crippen MR) is 100 cm³/mol. The number of carboxylic acids is 1. The first kappa shape index (κ1) is 22.1. The smallest absolute Gasteiger partial charge is 0.335 e. The first-order valence-electron chi connectivity index (χ1n) is 8.35. The molecule has 3 atom stereocenters. The Labute approximate surface area is 166 Å². The number of halogens is 1. The van der Waals surface area contributed by atoms with Crippen LogP contribution in [0.1, 0.15) is 10.4 Å². The van der Waals surface area contributed by atoms with Gasteiger partial charge in [0.2, 0.25) is 6.29 Å². The van der Waals surface area contributed by atoms with Crippen LogP contribution < -0.4 is 4.74 Å². The topological polar surface area (TPSA) is 137 Å². The third kappa shape index (κ3) is 5.65.